The van der Waals surface area contributed by atoms with E-state index in [-0.39, 0.29) is 0 Å². The largest absolute Gasteiger partial charge is 0.508 e. The molecule has 0 radical (unpaired) electrons. The lowest BCUT2D eigenvalue weighted by Gasteiger charge is -2.14. The minimum Gasteiger partial charge on any atom is -0.508 e. The zero-order valence-corrected chi connectivity index (χ0v) is 14.6. The molecule has 0 aromatic heterocycles. The smallest absolute Gasteiger partial charge is 0.119 e. The van der Waals surface area contributed by atoms with E-state index in [0.29, 0.717) is 5.75 Å². The molecule has 0 bridgehead atoms. The van der Waals surface area contributed by atoms with Gasteiger partial charge in [-0.25, -0.2) is 0 Å². The second kappa shape index (κ2) is 9.22. The van der Waals surface area contributed by atoms with Gasteiger partial charge in [0, 0.05) is 0 Å². The van der Waals surface area contributed by atoms with Crippen LogP contribution in [0.2, 0.25) is 0 Å². The van der Waals surface area contributed by atoms with Crippen molar-refractivity contribution in [3.63, 3.8) is 0 Å². The molecule has 1 unspecified atom stereocenters. The SMILES string of the molecule is CCCCCCCCC1CC[C@H](Cc2c(C)cccc2O)C1. The van der Waals surface area contributed by atoms with Gasteiger partial charge in [0.05, 0.1) is 0 Å². The molecule has 1 aliphatic rings. The van der Waals surface area contributed by atoms with Gasteiger partial charge in [-0.05, 0) is 55.2 Å². The molecule has 1 nitrogen and oxygen atoms in total. The van der Waals surface area contributed by atoms with E-state index in [1.165, 1.54) is 75.3 Å². The molecule has 0 heterocycles. The van der Waals surface area contributed by atoms with Crippen LogP contribution >= 0.6 is 0 Å². The molecular formula is C21H34O. The zero-order chi connectivity index (χ0) is 15.8. The van der Waals surface area contributed by atoms with Crippen LogP contribution in [0.4, 0.5) is 0 Å². The van der Waals surface area contributed by atoms with Gasteiger partial charge in [0.15, 0.2) is 0 Å². The van der Waals surface area contributed by atoms with Crippen LogP contribution in [0.5, 0.6) is 5.75 Å². The summed E-state index contributed by atoms with van der Waals surface area (Å²) in [6.07, 6.45) is 15.1. The Bertz CT molecular complexity index is 417. The van der Waals surface area contributed by atoms with E-state index >= 15 is 0 Å². The number of hydrogen-bond donors (Lipinski definition) is 1. The first kappa shape index (κ1) is 17.4. The zero-order valence-electron chi connectivity index (χ0n) is 14.6. The molecule has 1 fully saturated rings. The topological polar surface area (TPSA) is 20.2 Å². The third-order valence-electron chi connectivity index (χ3n) is 5.49. The predicted molar refractivity (Wildman–Crippen MR) is 95.4 cm³/mol. The van der Waals surface area contributed by atoms with Crippen LogP contribution in [0.15, 0.2) is 18.2 Å². The molecule has 0 aliphatic heterocycles. The van der Waals surface area contributed by atoms with Crippen LogP contribution in [0.1, 0.15) is 82.3 Å². The maximum absolute atomic E-state index is 10.1. The molecule has 0 saturated heterocycles. The number of hydrogen-bond acceptors (Lipinski definition) is 1. The molecule has 1 N–H and O–H groups in total. The highest BCUT2D eigenvalue weighted by atomic mass is 16.3. The summed E-state index contributed by atoms with van der Waals surface area (Å²) in [5.74, 6) is 2.24. The van der Waals surface area contributed by atoms with Gasteiger partial charge in [0.1, 0.15) is 5.75 Å². The lowest BCUT2D eigenvalue weighted by Crippen LogP contribution is -2.03. The number of aromatic hydroxyl groups is 1. The minimum absolute atomic E-state index is 0.499. The number of phenols is 1. The Morgan fingerprint density at radius 2 is 1.73 bits per heavy atom. The van der Waals surface area contributed by atoms with E-state index < -0.39 is 0 Å². The van der Waals surface area contributed by atoms with E-state index in [1.54, 1.807) is 0 Å². The monoisotopic (exact) mass is 302 g/mol. The fourth-order valence-electron chi connectivity index (χ4n) is 4.08. The van der Waals surface area contributed by atoms with Crippen LogP contribution in [0.25, 0.3) is 0 Å². The molecule has 0 spiro atoms. The van der Waals surface area contributed by atoms with Gasteiger partial charge in [-0.1, -0.05) is 70.4 Å². The number of aryl methyl sites for hydroxylation is 1. The maximum Gasteiger partial charge on any atom is 0.119 e. The van der Waals surface area contributed by atoms with E-state index in [2.05, 4.69) is 19.9 Å². The number of benzene rings is 1. The highest BCUT2D eigenvalue weighted by Crippen LogP contribution is 2.38. The fourth-order valence-corrected chi connectivity index (χ4v) is 4.08. The van der Waals surface area contributed by atoms with Crippen molar-refractivity contribution in [1.82, 2.24) is 0 Å². The molecule has 1 aliphatic carbocycles. The molecule has 0 amide bonds. The van der Waals surface area contributed by atoms with Gasteiger partial charge >= 0.3 is 0 Å². The first-order valence-corrected chi connectivity index (χ1v) is 9.48. The second-order valence-corrected chi connectivity index (χ2v) is 7.38. The van der Waals surface area contributed by atoms with Gasteiger partial charge in [-0.2, -0.15) is 0 Å². The fraction of sp³-hybridized carbons (Fsp3) is 0.714. The molecule has 2 rings (SSSR count). The molecule has 1 heteroatoms. The normalized spacial score (nSPS) is 21.4. The van der Waals surface area contributed by atoms with Crippen LogP contribution in [0, 0.1) is 18.8 Å². The molecule has 124 valence electrons. The molecule has 1 saturated carbocycles. The van der Waals surface area contributed by atoms with E-state index in [9.17, 15) is 5.11 Å². The minimum atomic E-state index is 0.499. The van der Waals surface area contributed by atoms with Crippen LogP contribution in [0.3, 0.4) is 0 Å². The average Bonchev–Trinajstić information content (AvgIpc) is 2.94. The van der Waals surface area contributed by atoms with E-state index in [4.69, 9.17) is 0 Å². The van der Waals surface area contributed by atoms with Crippen molar-refractivity contribution in [1.29, 1.82) is 0 Å². The summed E-state index contributed by atoms with van der Waals surface area (Å²) >= 11 is 0. The average molecular weight is 303 g/mol. The number of phenolic OH excluding ortho intramolecular Hbond substituents is 1. The van der Waals surface area contributed by atoms with Crippen molar-refractivity contribution in [2.45, 2.75) is 84.5 Å². The lowest BCUT2D eigenvalue weighted by atomic mass is 9.92. The Balaban J connectivity index is 1.67. The Morgan fingerprint density at radius 3 is 2.50 bits per heavy atom. The highest BCUT2D eigenvalue weighted by molar-refractivity contribution is 5.38. The van der Waals surface area contributed by atoms with Crippen molar-refractivity contribution < 1.29 is 5.11 Å². The van der Waals surface area contributed by atoms with Gasteiger partial charge in [0.25, 0.3) is 0 Å². The lowest BCUT2D eigenvalue weighted by molar-refractivity contribution is 0.428. The van der Waals surface area contributed by atoms with Gasteiger partial charge < -0.3 is 5.11 Å². The van der Waals surface area contributed by atoms with Crippen LogP contribution in [-0.2, 0) is 6.42 Å². The van der Waals surface area contributed by atoms with Crippen LogP contribution in [-0.4, -0.2) is 5.11 Å². The van der Waals surface area contributed by atoms with Gasteiger partial charge in [0.2, 0.25) is 0 Å². The summed E-state index contributed by atoms with van der Waals surface area (Å²) in [5, 5.41) is 10.1. The molecule has 22 heavy (non-hydrogen) atoms. The number of rotatable bonds is 9. The van der Waals surface area contributed by atoms with Crippen molar-refractivity contribution >= 4 is 0 Å². The molecule has 2 atom stereocenters. The first-order valence-electron chi connectivity index (χ1n) is 9.48. The Kier molecular flexibility index (Phi) is 7.29. The highest BCUT2D eigenvalue weighted by Gasteiger charge is 2.25. The summed E-state index contributed by atoms with van der Waals surface area (Å²) in [6.45, 7) is 4.41. The summed E-state index contributed by atoms with van der Waals surface area (Å²) < 4.78 is 0. The standard InChI is InChI=1S/C21H34O/c1-3-4-5-6-7-8-11-18-13-14-19(15-18)16-20-17(2)10-9-12-21(20)22/h9-10,12,18-19,22H,3-8,11,13-16H2,1-2H3/t18?,19-/m0/s1. The maximum atomic E-state index is 10.1. The Hall–Kier alpha value is -0.980. The van der Waals surface area contributed by atoms with E-state index in [0.717, 1.165) is 18.3 Å². The summed E-state index contributed by atoms with van der Waals surface area (Å²) in [7, 11) is 0. The summed E-state index contributed by atoms with van der Waals surface area (Å²) in [6, 6.07) is 5.91. The first-order chi connectivity index (χ1) is 10.7. The van der Waals surface area contributed by atoms with Gasteiger partial charge in [-0.3, -0.25) is 0 Å². The predicted octanol–water partition coefficient (Wildman–Crippen LogP) is 6.41. The Morgan fingerprint density at radius 1 is 1.00 bits per heavy atom. The quantitative estimate of drug-likeness (QED) is 0.522. The van der Waals surface area contributed by atoms with Crippen molar-refractivity contribution in [2.24, 2.45) is 11.8 Å². The van der Waals surface area contributed by atoms with E-state index in [1.807, 2.05) is 12.1 Å². The molecule has 1 aromatic carbocycles. The van der Waals surface area contributed by atoms with Gasteiger partial charge in [-0.15, -0.1) is 0 Å². The second-order valence-electron chi connectivity index (χ2n) is 7.38. The summed E-state index contributed by atoms with van der Waals surface area (Å²) in [4.78, 5) is 0. The summed E-state index contributed by atoms with van der Waals surface area (Å²) in [5.41, 5.74) is 2.44. The third-order valence-corrected chi connectivity index (χ3v) is 5.49. The van der Waals surface area contributed by atoms with Crippen molar-refractivity contribution in [3.05, 3.63) is 29.3 Å². The molecular weight excluding hydrogens is 268 g/mol. The number of unbranched alkanes of at least 4 members (excludes halogenated alkanes) is 5. The van der Waals surface area contributed by atoms with Crippen molar-refractivity contribution in [2.75, 3.05) is 0 Å². The van der Waals surface area contributed by atoms with Crippen molar-refractivity contribution in [3.8, 4) is 5.75 Å². The molecule has 1 aromatic rings. The van der Waals surface area contributed by atoms with Crippen LogP contribution < -0.4 is 0 Å². The Labute approximate surface area is 137 Å². The third kappa shape index (κ3) is 5.34.